The predicted molar refractivity (Wildman–Crippen MR) is 160 cm³/mol. The fourth-order valence-electron chi connectivity index (χ4n) is 6.57. The molecule has 7 N–H and O–H groups in total. The largest absolute Gasteiger partial charge is 0.391 e. The fourth-order valence-corrected chi connectivity index (χ4v) is 6.57. The van der Waals surface area contributed by atoms with E-state index in [4.69, 9.17) is 11.5 Å². The van der Waals surface area contributed by atoms with E-state index < -0.39 is 59.0 Å². The average Bonchev–Trinajstić information content (AvgIpc) is 3.61. The maximum atomic E-state index is 15.1. The maximum Gasteiger partial charge on any atom is 0.249 e. The number of benzene rings is 2. The van der Waals surface area contributed by atoms with Crippen molar-refractivity contribution in [2.45, 2.75) is 87.7 Å². The van der Waals surface area contributed by atoms with Gasteiger partial charge in [0.05, 0.1) is 12.2 Å². The van der Waals surface area contributed by atoms with Crippen molar-refractivity contribution in [3.05, 3.63) is 71.8 Å². The molecular formula is C32H43N5O6. The number of aliphatic hydroxyl groups excluding tert-OH is 2. The Morgan fingerprint density at radius 2 is 1.30 bits per heavy atom. The standard InChI is InChI=1S/C32H43N5O6/c1-21(38)25(33)28(41)36-17-10-16-32(36,20-24-13-7-4-8-14-24)30(43)37-18-9-15-31(37,19-23-11-5-3-6-12-23)29(42)35-26(22(2)39)27(34)40/h3-8,11-14,21-22,25-26,38-39H,9-10,15-20,33H2,1-2H3,(H2,34,40)(H,35,42)/t21-,22-,25+,26+,31?,32?/m1/s1. The first-order chi connectivity index (χ1) is 20.4. The number of aliphatic hydroxyl groups is 2. The molecule has 2 heterocycles. The lowest BCUT2D eigenvalue weighted by atomic mass is 9.82. The number of nitrogens with two attached hydrogens (primary N) is 2. The molecule has 0 bridgehead atoms. The third-order valence-corrected chi connectivity index (χ3v) is 8.87. The number of nitrogens with zero attached hydrogens (tertiary/aromatic N) is 2. The summed E-state index contributed by atoms with van der Waals surface area (Å²) in [5.41, 5.74) is 10.5. The molecular weight excluding hydrogens is 550 g/mol. The molecule has 0 aromatic heterocycles. The Morgan fingerprint density at radius 3 is 1.79 bits per heavy atom. The second-order valence-corrected chi connectivity index (χ2v) is 11.9. The van der Waals surface area contributed by atoms with Crippen LogP contribution in [0.15, 0.2) is 60.7 Å². The van der Waals surface area contributed by atoms with Gasteiger partial charge >= 0.3 is 0 Å². The van der Waals surface area contributed by atoms with E-state index in [1.165, 1.54) is 18.7 Å². The highest BCUT2D eigenvalue weighted by Crippen LogP contribution is 2.41. The molecule has 11 nitrogen and oxygen atoms in total. The molecule has 6 atom stereocenters. The highest BCUT2D eigenvalue weighted by atomic mass is 16.3. The number of carbonyl (C=O) groups excluding carboxylic acids is 4. The summed E-state index contributed by atoms with van der Waals surface area (Å²) in [6, 6.07) is 16.1. The van der Waals surface area contributed by atoms with Gasteiger partial charge in [-0.15, -0.1) is 0 Å². The van der Waals surface area contributed by atoms with Gasteiger partial charge in [-0.25, -0.2) is 0 Å². The molecule has 4 amide bonds. The van der Waals surface area contributed by atoms with Crippen molar-refractivity contribution in [1.29, 1.82) is 0 Å². The summed E-state index contributed by atoms with van der Waals surface area (Å²) in [6.45, 7) is 3.32. The number of rotatable bonds is 11. The SMILES string of the molecule is C[C@@H](O)[C@H](N)C(=O)N1CCCC1(Cc1ccccc1)C(=O)N1CCCC1(Cc1ccccc1)C(=O)N[C@H](C(N)=O)[C@@H](C)O. The van der Waals surface area contributed by atoms with Crippen LogP contribution in [0.2, 0.25) is 0 Å². The molecule has 4 rings (SSSR count). The van der Waals surface area contributed by atoms with E-state index in [0.29, 0.717) is 25.7 Å². The van der Waals surface area contributed by atoms with Crippen LogP contribution in [0.5, 0.6) is 0 Å². The Morgan fingerprint density at radius 1 is 0.814 bits per heavy atom. The lowest BCUT2D eigenvalue weighted by molar-refractivity contribution is -0.159. The van der Waals surface area contributed by atoms with Crippen LogP contribution in [0, 0.1) is 0 Å². The summed E-state index contributed by atoms with van der Waals surface area (Å²) >= 11 is 0. The topological polar surface area (TPSA) is 179 Å². The van der Waals surface area contributed by atoms with Crippen molar-refractivity contribution in [3.63, 3.8) is 0 Å². The van der Waals surface area contributed by atoms with Crippen molar-refractivity contribution in [2.24, 2.45) is 11.5 Å². The summed E-state index contributed by atoms with van der Waals surface area (Å²) in [5, 5.41) is 23.0. The number of likely N-dealkylation sites (tertiary alicyclic amines) is 2. The zero-order valence-corrected chi connectivity index (χ0v) is 24.8. The van der Waals surface area contributed by atoms with E-state index in [0.717, 1.165) is 11.1 Å². The van der Waals surface area contributed by atoms with Gasteiger partial charge in [0.25, 0.3) is 0 Å². The molecule has 2 aliphatic rings. The van der Waals surface area contributed by atoms with E-state index in [1.54, 1.807) is 4.90 Å². The van der Waals surface area contributed by atoms with Gasteiger partial charge in [-0.3, -0.25) is 19.2 Å². The van der Waals surface area contributed by atoms with Crippen LogP contribution in [-0.2, 0) is 32.0 Å². The van der Waals surface area contributed by atoms with Crippen LogP contribution in [0.3, 0.4) is 0 Å². The van der Waals surface area contributed by atoms with Gasteiger partial charge in [0.1, 0.15) is 23.2 Å². The predicted octanol–water partition coefficient (Wildman–Crippen LogP) is 0.253. The third kappa shape index (κ3) is 6.43. The van der Waals surface area contributed by atoms with Crippen LogP contribution in [0.4, 0.5) is 0 Å². The van der Waals surface area contributed by atoms with E-state index in [2.05, 4.69) is 5.32 Å². The lowest BCUT2D eigenvalue weighted by Crippen LogP contribution is -2.69. The molecule has 0 radical (unpaired) electrons. The Bertz CT molecular complexity index is 1310. The Hall–Kier alpha value is -3.80. The first kappa shape index (κ1) is 32.1. The molecule has 2 saturated heterocycles. The first-order valence-corrected chi connectivity index (χ1v) is 14.9. The molecule has 11 heteroatoms. The van der Waals surface area contributed by atoms with Crippen LogP contribution >= 0.6 is 0 Å². The van der Waals surface area contributed by atoms with E-state index in [-0.39, 0.29) is 25.9 Å². The molecule has 43 heavy (non-hydrogen) atoms. The van der Waals surface area contributed by atoms with Gasteiger partial charge in [-0.1, -0.05) is 60.7 Å². The van der Waals surface area contributed by atoms with Gasteiger partial charge in [0, 0.05) is 25.9 Å². The van der Waals surface area contributed by atoms with Gasteiger partial charge in [-0.2, -0.15) is 0 Å². The van der Waals surface area contributed by atoms with E-state index in [1.807, 2.05) is 60.7 Å². The molecule has 2 aliphatic heterocycles. The highest BCUT2D eigenvalue weighted by molar-refractivity contribution is 6.00. The zero-order valence-electron chi connectivity index (χ0n) is 24.8. The normalized spacial score (nSPS) is 24.7. The molecule has 0 saturated carbocycles. The molecule has 2 fully saturated rings. The summed E-state index contributed by atoms with van der Waals surface area (Å²) in [6.07, 6.45) is -0.350. The minimum Gasteiger partial charge on any atom is -0.391 e. The van der Waals surface area contributed by atoms with Gasteiger partial charge in [-0.05, 0) is 50.7 Å². The van der Waals surface area contributed by atoms with Crippen molar-refractivity contribution >= 4 is 23.6 Å². The fraction of sp³-hybridized carbons (Fsp3) is 0.500. The first-order valence-electron chi connectivity index (χ1n) is 14.9. The van der Waals surface area contributed by atoms with Crippen molar-refractivity contribution in [2.75, 3.05) is 13.1 Å². The number of hydrogen-bond acceptors (Lipinski definition) is 7. The number of primary amides is 1. The van der Waals surface area contributed by atoms with Gasteiger partial charge in [0.15, 0.2) is 0 Å². The van der Waals surface area contributed by atoms with Crippen molar-refractivity contribution in [3.8, 4) is 0 Å². The Labute approximate surface area is 252 Å². The summed E-state index contributed by atoms with van der Waals surface area (Å²) < 4.78 is 0. The minimum atomic E-state index is -1.42. The molecule has 2 unspecified atom stereocenters. The average molecular weight is 594 g/mol. The number of nitrogens with one attached hydrogen (secondary N) is 1. The van der Waals surface area contributed by atoms with Crippen molar-refractivity contribution < 1.29 is 29.4 Å². The van der Waals surface area contributed by atoms with Crippen molar-refractivity contribution in [1.82, 2.24) is 15.1 Å². The number of carbonyl (C=O) groups is 4. The quantitative estimate of drug-likeness (QED) is 0.248. The van der Waals surface area contributed by atoms with Crippen LogP contribution < -0.4 is 16.8 Å². The Balaban J connectivity index is 1.82. The molecule has 0 aliphatic carbocycles. The van der Waals surface area contributed by atoms with Crippen LogP contribution in [0.25, 0.3) is 0 Å². The zero-order chi connectivity index (χ0) is 31.4. The molecule has 2 aromatic rings. The van der Waals surface area contributed by atoms with Gasteiger partial charge in [0.2, 0.25) is 23.6 Å². The molecule has 0 spiro atoms. The van der Waals surface area contributed by atoms with Crippen LogP contribution in [-0.4, -0.2) is 92.1 Å². The number of hydrogen-bond donors (Lipinski definition) is 5. The minimum absolute atomic E-state index is 0.152. The summed E-state index contributed by atoms with van der Waals surface area (Å²) in [4.78, 5) is 58.2. The van der Waals surface area contributed by atoms with Crippen LogP contribution in [0.1, 0.15) is 50.7 Å². The smallest absolute Gasteiger partial charge is 0.249 e. The summed E-state index contributed by atoms with van der Waals surface area (Å²) in [5.74, 6) is -2.42. The molecule has 2 aromatic carbocycles. The number of amides is 4. The van der Waals surface area contributed by atoms with E-state index >= 15 is 4.79 Å². The lowest BCUT2D eigenvalue weighted by Gasteiger charge is -2.46. The maximum absolute atomic E-state index is 15.1. The monoisotopic (exact) mass is 593 g/mol. The highest BCUT2D eigenvalue weighted by Gasteiger charge is 2.58. The van der Waals surface area contributed by atoms with E-state index in [9.17, 15) is 24.6 Å². The summed E-state index contributed by atoms with van der Waals surface area (Å²) in [7, 11) is 0. The second-order valence-electron chi connectivity index (χ2n) is 11.9. The van der Waals surface area contributed by atoms with Gasteiger partial charge < -0.3 is 36.8 Å². The second kappa shape index (κ2) is 13.2. The third-order valence-electron chi connectivity index (χ3n) is 8.87. The Kier molecular flexibility index (Phi) is 9.89. The molecule has 232 valence electrons.